The van der Waals surface area contributed by atoms with Crippen molar-refractivity contribution < 1.29 is 42.2 Å². The Balaban J connectivity index is 1.47. The molecule has 0 aliphatic carbocycles. The smallest absolute Gasteiger partial charge is 0.274 e. The van der Waals surface area contributed by atoms with E-state index in [-0.39, 0.29) is 37.2 Å². The fourth-order valence-corrected chi connectivity index (χ4v) is 6.13. The highest BCUT2D eigenvalue weighted by Gasteiger charge is 2.60. The van der Waals surface area contributed by atoms with E-state index in [1.807, 2.05) is 6.92 Å². The van der Waals surface area contributed by atoms with Crippen molar-refractivity contribution in [2.75, 3.05) is 13.7 Å². The minimum absolute atomic E-state index is 0.0324. The van der Waals surface area contributed by atoms with Crippen molar-refractivity contribution in [3.05, 3.63) is 98.7 Å². The summed E-state index contributed by atoms with van der Waals surface area (Å²) in [5.41, 5.74) is -2.98. The number of hydrogen-bond acceptors (Lipinski definition) is 8. The molecule has 2 N–H and O–H groups in total. The van der Waals surface area contributed by atoms with Gasteiger partial charge in [-0.25, -0.2) is 13.2 Å². The zero-order chi connectivity index (χ0) is 32.0. The lowest BCUT2D eigenvalue weighted by Crippen LogP contribution is -2.56. The van der Waals surface area contributed by atoms with Crippen LogP contribution in [0.2, 0.25) is 0 Å². The number of benzene rings is 2. The van der Waals surface area contributed by atoms with Gasteiger partial charge >= 0.3 is 0 Å². The maximum atomic E-state index is 14.3. The summed E-state index contributed by atoms with van der Waals surface area (Å²) in [6.45, 7) is 1.03. The number of nitrogens with one attached hydrogen (secondary N) is 1. The zero-order valence-electron chi connectivity index (χ0n) is 24.3. The third kappa shape index (κ3) is 5.08. The molecular formula is C31H29F3N4O7. The highest BCUT2D eigenvalue weighted by molar-refractivity contribution is 5.99. The molecule has 11 nitrogen and oxygen atoms in total. The molecule has 2 aromatic carbocycles. The molecule has 0 unspecified atom stereocenters. The van der Waals surface area contributed by atoms with Gasteiger partial charge in [0.2, 0.25) is 5.43 Å². The standard InChI is InChI=1S/C31H29F3N4O7/c1-16-8-9-31(27(40)29(43-2)36-45-31)23-14-37(16)30(42)24-26(44-15-17-6-4-3-5-7-17)25(39)20(13-38(23)24)28(41)35-12-19-21(33)10-18(32)11-22(19)34/h3-7,10-11,13,16,23,27,40H,8-9,12,14-15H2,1-2H3,(H,35,41)/t16-,23+,27-,31+/m0/s1. The molecule has 2 amide bonds. The van der Waals surface area contributed by atoms with E-state index in [0.29, 0.717) is 24.1 Å². The van der Waals surface area contributed by atoms with Gasteiger partial charge in [-0.1, -0.05) is 30.3 Å². The molecule has 236 valence electrons. The number of rotatable bonds is 6. The number of carbonyl (C=O) groups is 2. The molecule has 14 heteroatoms. The van der Waals surface area contributed by atoms with Crippen LogP contribution in [-0.4, -0.2) is 63.7 Å². The number of carbonyl (C=O) groups excluding carboxylic acids is 2. The summed E-state index contributed by atoms with van der Waals surface area (Å²) in [5.74, 6) is -5.62. The van der Waals surface area contributed by atoms with Gasteiger partial charge in [0.05, 0.1) is 13.2 Å². The van der Waals surface area contributed by atoms with Crippen molar-refractivity contribution in [1.29, 1.82) is 0 Å². The maximum Gasteiger partial charge on any atom is 0.274 e. The van der Waals surface area contributed by atoms with Crippen LogP contribution < -0.4 is 15.5 Å². The second-order valence-corrected chi connectivity index (χ2v) is 11.2. The summed E-state index contributed by atoms with van der Waals surface area (Å²) in [5, 5.41) is 17.6. The van der Waals surface area contributed by atoms with Crippen LogP contribution >= 0.6 is 0 Å². The predicted molar refractivity (Wildman–Crippen MR) is 152 cm³/mol. The molecule has 1 fully saturated rings. The fraction of sp³-hybridized carbons (Fsp3) is 0.355. The van der Waals surface area contributed by atoms with Gasteiger partial charge in [-0.05, 0) is 30.5 Å². The molecule has 6 rings (SSSR count). The third-order valence-corrected chi connectivity index (χ3v) is 8.62. The van der Waals surface area contributed by atoms with Crippen molar-refractivity contribution in [1.82, 2.24) is 14.8 Å². The first-order chi connectivity index (χ1) is 21.6. The summed E-state index contributed by atoms with van der Waals surface area (Å²) in [4.78, 5) is 48.8. The van der Waals surface area contributed by atoms with Crippen molar-refractivity contribution in [2.24, 2.45) is 5.16 Å². The number of pyridine rings is 1. The predicted octanol–water partition coefficient (Wildman–Crippen LogP) is 3.04. The summed E-state index contributed by atoms with van der Waals surface area (Å²) in [6.07, 6.45) is 0.442. The van der Waals surface area contributed by atoms with Crippen LogP contribution in [0, 0.1) is 17.5 Å². The second-order valence-electron chi connectivity index (χ2n) is 11.2. The lowest BCUT2D eigenvalue weighted by Gasteiger charge is -2.43. The second kappa shape index (κ2) is 11.6. The Morgan fingerprint density at radius 3 is 2.56 bits per heavy atom. The molecule has 3 aliphatic heterocycles. The van der Waals surface area contributed by atoms with Crippen LogP contribution in [0.5, 0.6) is 5.75 Å². The van der Waals surface area contributed by atoms with E-state index < -0.39 is 75.9 Å². The van der Waals surface area contributed by atoms with Gasteiger partial charge in [0, 0.05) is 43.0 Å². The monoisotopic (exact) mass is 626 g/mol. The molecule has 3 aliphatic rings. The van der Waals surface area contributed by atoms with Crippen LogP contribution in [0.4, 0.5) is 13.2 Å². The normalized spacial score (nSPS) is 23.6. The van der Waals surface area contributed by atoms with E-state index in [0.717, 1.165) is 6.20 Å². The van der Waals surface area contributed by atoms with E-state index in [4.69, 9.17) is 14.3 Å². The number of ether oxygens (including phenoxy) is 2. The van der Waals surface area contributed by atoms with Crippen LogP contribution in [0.25, 0.3) is 0 Å². The molecule has 1 saturated heterocycles. The Morgan fingerprint density at radius 2 is 1.89 bits per heavy atom. The van der Waals surface area contributed by atoms with E-state index in [1.165, 1.54) is 11.7 Å². The maximum absolute atomic E-state index is 14.3. The number of amides is 2. The van der Waals surface area contributed by atoms with Crippen LogP contribution in [0.15, 0.2) is 58.6 Å². The van der Waals surface area contributed by atoms with Crippen molar-refractivity contribution in [2.45, 2.75) is 56.7 Å². The molecule has 1 spiro atoms. The fourth-order valence-electron chi connectivity index (χ4n) is 6.13. The molecule has 3 aromatic rings. The topological polar surface area (TPSA) is 132 Å². The molecule has 0 radical (unpaired) electrons. The first kappa shape index (κ1) is 30.2. The first-order valence-corrected chi connectivity index (χ1v) is 14.2. The minimum Gasteiger partial charge on any atom is -0.483 e. The average Bonchev–Trinajstić information content (AvgIpc) is 3.27. The van der Waals surface area contributed by atoms with Crippen molar-refractivity contribution >= 4 is 17.7 Å². The number of fused-ring (bicyclic) bond motifs is 5. The van der Waals surface area contributed by atoms with E-state index in [2.05, 4.69) is 10.5 Å². The Kier molecular flexibility index (Phi) is 7.77. The summed E-state index contributed by atoms with van der Waals surface area (Å²) >= 11 is 0. The molecule has 0 saturated carbocycles. The highest BCUT2D eigenvalue weighted by Crippen LogP contribution is 2.46. The Labute approximate surface area is 254 Å². The summed E-state index contributed by atoms with van der Waals surface area (Å²) < 4.78 is 54.6. The largest absolute Gasteiger partial charge is 0.483 e. The number of nitrogens with zero attached hydrogens (tertiary/aromatic N) is 3. The first-order valence-electron chi connectivity index (χ1n) is 14.2. The van der Waals surface area contributed by atoms with E-state index in [1.54, 1.807) is 35.2 Å². The molecule has 1 aromatic heterocycles. The number of aromatic nitrogens is 1. The van der Waals surface area contributed by atoms with Crippen LogP contribution in [0.1, 0.15) is 57.8 Å². The van der Waals surface area contributed by atoms with Gasteiger partial charge in [-0.3, -0.25) is 14.4 Å². The van der Waals surface area contributed by atoms with Gasteiger partial charge in [0.1, 0.15) is 29.6 Å². The Hall–Kier alpha value is -4.85. The highest BCUT2D eigenvalue weighted by atomic mass is 19.1. The number of halogens is 3. The Morgan fingerprint density at radius 1 is 1.18 bits per heavy atom. The van der Waals surface area contributed by atoms with E-state index in [9.17, 15) is 32.7 Å². The van der Waals surface area contributed by atoms with Gasteiger partial charge < -0.3 is 34.2 Å². The SMILES string of the molecule is COC1=NO[C@@]2(CC[C@H](C)N3C[C@H]2n2cc(C(=O)NCc4c(F)cc(F)cc4F)c(=O)c(OCc4ccccc4)c2C3=O)[C@H]1O. The van der Waals surface area contributed by atoms with Crippen LogP contribution in [-0.2, 0) is 22.7 Å². The Bertz CT molecular complexity index is 1740. The van der Waals surface area contributed by atoms with Gasteiger partial charge in [0.15, 0.2) is 23.1 Å². The number of methoxy groups -OCH3 is 1. The van der Waals surface area contributed by atoms with Gasteiger partial charge in [-0.2, -0.15) is 0 Å². The molecule has 4 atom stereocenters. The number of oxime groups is 1. The molecule has 45 heavy (non-hydrogen) atoms. The van der Waals surface area contributed by atoms with Crippen molar-refractivity contribution in [3.8, 4) is 5.75 Å². The quantitative estimate of drug-likeness (QED) is 0.430. The number of aliphatic hydroxyl groups is 1. The van der Waals surface area contributed by atoms with Crippen LogP contribution in [0.3, 0.4) is 0 Å². The lowest BCUT2D eigenvalue weighted by atomic mass is 9.83. The van der Waals surface area contributed by atoms with Crippen molar-refractivity contribution in [3.63, 3.8) is 0 Å². The minimum atomic E-state index is -1.44. The van der Waals surface area contributed by atoms with Gasteiger partial charge in [-0.15, -0.1) is 0 Å². The number of aliphatic hydroxyl groups excluding tert-OH is 1. The lowest BCUT2D eigenvalue weighted by molar-refractivity contribution is -0.115. The molecular weight excluding hydrogens is 597 g/mol. The zero-order valence-corrected chi connectivity index (χ0v) is 24.3. The third-order valence-electron chi connectivity index (χ3n) is 8.62. The summed E-state index contributed by atoms with van der Waals surface area (Å²) in [7, 11) is 1.33. The van der Waals surface area contributed by atoms with E-state index >= 15 is 0 Å². The molecule has 2 bridgehead atoms. The number of hydrogen-bond donors (Lipinski definition) is 2. The molecule has 4 heterocycles. The summed E-state index contributed by atoms with van der Waals surface area (Å²) in [6, 6.07) is 8.58. The van der Waals surface area contributed by atoms with Gasteiger partial charge in [0.25, 0.3) is 17.7 Å². The average molecular weight is 627 g/mol.